The summed E-state index contributed by atoms with van der Waals surface area (Å²) >= 11 is 0. The van der Waals surface area contributed by atoms with E-state index in [1.54, 1.807) is 11.8 Å². The number of hydrogen-bond donors (Lipinski definition) is 2. The molecule has 6 nitrogen and oxygen atoms in total. The van der Waals surface area contributed by atoms with E-state index in [0.717, 1.165) is 25.7 Å². The van der Waals surface area contributed by atoms with Crippen molar-refractivity contribution in [1.29, 1.82) is 0 Å². The number of carboxylic acid groups (broad SMARTS) is 1. The van der Waals surface area contributed by atoms with Crippen molar-refractivity contribution in [1.82, 2.24) is 9.80 Å². The number of urea groups is 1. The Kier molecular flexibility index (Phi) is 5.08. The normalized spacial score (nSPS) is 30.3. The number of likely N-dealkylation sites (tertiary alicyclic amines) is 2. The first-order valence-corrected chi connectivity index (χ1v) is 7.88. The van der Waals surface area contributed by atoms with Crippen LogP contribution < -0.4 is 0 Å². The van der Waals surface area contributed by atoms with Crippen molar-refractivity contribution in [2.75, 3.05) is 26.2 Å². The number of nitrogens with zero attached hydrogens (tertiary/aromatic N) is 2. The van der Waals surface area contributed by atoms with Crippen LogP contribution in [0, 0.1) is 5.41 Å². The second-order valence-electron chi connectivity index (χ2n) is 6.53. The lowest BCUT2D eigenvalue weighted by Gasteiger charge is -2.43. The van der Waals surface area contributed by atoms with Crippen LogP contribution in [0.25, 0.3) is 0 Å². The highest BCUT2D eigenvalue weighted by Gasteiger charge is 2.41. The molecule has 120 valence electrons. The molecule has 2 atom stereocenters. The second-order valence-corrected chi connectivity index (χ2v) is 6.53. The van der Waals surface area contributed by atoms with E-state index in [9.17, 15) is 14.7 Å². The molecule has 0 aromatic rings. The number of piperidine rings is 2. The Labute approximate surface area is 125 Å². The number of carbonyl (C=O) groups excluding carboxylic acids is 1. The van der Waals surface area contributed by atoms with E-state index in [0.29, 0.717) is 25.9 Å². The first kappa shape index (κ1) is 16.1. The Morgan fingerprint density at radius 2 is 2.00 bits per heavy atom. The minimum atomic E-state index is -0.837. The first-order chi connectivity index (χ1) is 9.98. The lowest BCUT2D eigenvalue weighted by atomic mass is 9.82. The third kappa shape index (κ3) is 3.48. The van der Waals surface area contributed by atoms with E-state index >= 15 is 0 Å². The van der Waals surface area contributed by atoms with E-state index in [4.69, 9.17) is 5.11 Å². The average Bonchev–Trinajstić information content (AvgIpc) is 2.47. The van der Waals surface area contributed by atoms with Gasteiger partial charge in [0.2, 0.25) is 0 Å². The molecule has 2 N–H and O–H groups in total. The molecule has 0 aromatic heterocycles. The SMILES string of the molecule is CC1(C(=O)O)CCCN(C(=O)N2CCCCC2CCO)C1. The summed E-state index contributed by atoms with van der Waals surface area (Å²) in [6.45, 7) is 3.43. The summed E-state index contributed by atoms with van der Waals surface area (Å²) in [7, 11) is 0. The van der Waals surface area contributed by atoms with Crippen LogP contribution in [0.3, 0.4) is 0 Å². The average molecular weight is 298 g/mol. The van der Waals surface area contributed by atoms with Gasteiger partial charge in [0, 0.05) is 32.3 Å². The van der Waals surface area contributed by atoms with Crippen molar-refractivity contribution in [3.05, 3.63) is 0 Å². The van der Waals surface area contributed by atoms with Gasteiger partial charge in [-0.05, 0) is 45.4 Å². The molecule has 0 spiro atoms. The number of hydrogen-bond acceptors (Lipinski definition) is 3. The van der Waals surface area contributed by atoms with Crippen LogP contribution >= 0.6 is 0 Å². The quantitative estimate of drug-likeness (QED) is 0.828. The maximum absolute atomic E-state index is 12.7. The lowest BCUT2D eigenvalue weighted by Crippen LogP contribution is -2.55. The van der Waals surface area contributed by atoms with Gasteiger partial charge in [-0.2, -0.15) is 0 Å². The van der Waals surface area contributed by atoms with Crippen LogP contribution in [0.15, 0.2) is 0 Å². The largest absolute Gasteiger partial charge is 0.481 e. The Hall–Kier alpha value is -1.30. The number of aliphatic hydroxyl groups is 1. The molecule has 0 aliphatic carbocycles. The van der Waals surface area contributed by atoms with Gasteiger partial charge in [-0.3, -0.25) is 4.79 Å². The van der Waals surface area contributed by atoms with Crippen LogP contribution in [0.2, 0.25) is 0 Å². The zero-order valence-electron chi connectivity index (χ0n) is 12.8. The summed E-state index contributed by atoms with van der Waals surface area (Å²) in [5.41, 5.74) is -0.837. The van der Waals surface area contributed by atoms with Crippen molar-refractivity contribution < 1.29 is 19.8 Å². The van der Waals surface area contributed by atoms with Crippen LogP contribution in [0.4, 0.5) is 4.79 Å². The molecule has 0 aromatic carbocycles. The number of rotatable bonds is 3. The number of aliphatic carboxylic acids is 1. The lowest BCUT2D eigenvalue weighted by molar-refractivity contribution is -0.150. The third-order valence-electron chi connectivity index (χ3n) is 4.82. The van der Waals surface area contributed by atoms with Gasteiger partial charge in [-0.1, -0.05) is 0 Å². The fraction of sp³-hybridized carbons (Fsp3) is 0.867. The molecule has 0 radical (unpaired) electrons. The second kappa shape index (κ2) is 6.64. The summed E-state index contributed by atoms with van der Waals surface area (Å²) in [5, 5.41) is 18.5. The Morgan fingerprint density at radius 3 is 2.67 bits per heavy atom. The van der Waals surface area contributed by atoms with Gasteiger partial charge in [0.15, 0.2) is 0 Å². The van der Waals surface area contributed by atoms with Crippen molar-refractivity contribution >= 4 is 12.0 Å². The van der Waals surface area contributed by atoms with Crippen LogP contribution in [-0.4, -0.2) is 64.3 Å². The summed E-state index contributed by atoms with van der Waals surface area (Å²) in [4.78, 5) is 27.7. The standard InChI is InChI=1S/C15H26N2O4/c1-15(13(19)20)7-4-8-16(11-15)14(21)17-9-3-2-5-12(17)6-10-18/h12,18H,2-11H2,1H3,(H,19,20). The first-order valence-electron chi connectivity index (χ1n) is 7.88. The molecule has 2 heterocycles. The molecule has 2 unspecified atom stereocenters. The summed E-state index contributed by atoms with van der Waals surface area (Å²) < 4.78 is 0. The number of amides is 2. The highest BCUT2D eigenvalue weighted by atomic mass is 16.4. The summed E-state index contributed by atoms with van der Waals surface area (Å²) in [5.74, 6) is -0.828. The van der Waals surface area contributed by atoms with Crippen LogP contribution in [-0.2, 0) is 4.79 Å². The number of carboxylic acids is 1. The molecule has 0 bridgehead atoms. The smallest absolute Gasteiger partial charge is 0.320 e. The van der Waals surface area contributed by atoms with E-state index < -0.39 is 11.4 Å². The van der Waals surface area contributed by atoms with Gasteiger partial charge in [0.25, 0.3) is 0 Å². The molecule has 21 heavy (non-hydrogen) atoms. The van der Waals surface area contributed by atoms with Gasteiger partial charge in [0.05, 0.1) is 5.41 Å². The number of aliphatic hydroxyl groups excluding tert-OH is 1. The van der Waals surface area contributed by atoms with E-state index in [1.165, 1.54) is 0 Å². The van der Waals surface area contributed by atoms with E-state index in [-0.39, 0.29) is 25.2 Å². The topological polar surface area (TPSA) is 81.1 Å². The highest BCUT2D eigenvalue weighted by Crippen LogP contribution is 2.31. The van der Waals surface area contributed by atoms with Gasteiger partial charge in [0.1, 0.15) is 0 Å². The van der Waals surface area contributed by atoms with Crippen molar-refractivity contribution in [3.8, 4) is 0 Å². The van der Waals surface area contributed by atoms with Gasteiger partial charge in [-0.25, -0.2) is 4.79 Å². The molecule has 2 aliphatic rings. The molecular formula is C15H26N2O4. The van der Waals surface area contributed by atoms with Crippen LogP contribution in [0.5, 0.6) is 0 Å². The number of carbonyl (C=O) groups is 2. The maximum atomic E-state index is 12.7. The summed E-state index contributed by atoms with van der Waals surface area (Å²) in [6.07, 6.45) is 4.95. The van der Waals surface area contributed by atoms with Crippen molar-refractivity contribution in [2.24, 2.45) is 5.41 Å². The maximum Gasteiger partial charge on any atom is 0.320 e. The van der Waals surface area contributed by atoms with E-state index in [1.807, 2.05) is 4.90 Å². The molecule has 2 saturated heterocycles. The van der Waals surface area contributed by atoms with Gasteiger partial charge >= 0.3 is 12.0 Å². The monoisotopic (exact) mass is 298 g/mol. The summed E-state index contributed by atoms with van der Waals surface area (Å²) in [6, 6.07) is 0.0367. The van der Waals surface area contributed by atoms with Gasteiger partial charge < -0.3 is 20.0 Å². The Bertz CT molecular complexity index is 399. The molecule has 0 saturated carbocycles. The Morgan fingerprint density at radius 1 is 1.24 bits per heavy atom. The fourth-order valence-corrected chi connectivity index (χ4v) is 3.46. The molecule has 2 fully saturated rings. The minimum absolute atomic E-state index is 0.0553. The van der Waals surface area contributed by atoms with Crippen molar-refractivity contribution in [3.63, 3.8) is 0 Å². The zero-order chi connectivity index (χ0) is 15.5. The van der Waals surface area contributed by atoms with Crippen LogP contribution in [0.1, 0.15) is 45.4 Å². The molecule has 2 amide bonds. The third-order valence-corrected chi connectivity index (χ3v) is 4.82. The molecule has 2 aliphatic heterocycles. The van der Waals surface area contributed by atoms with E-state index in [2.05, 4.69) is 0 Å². The Balaban J connectivity index is 2.05. The molecule has 6 heteroatoms. The predicted octanol–water partition coefficient (Wildman–Crippen LogP) is 1.53. The molecule has 2 rings (SSSR count). The zero-order valence-corrected chi connectivity index (χ0v) is 12.8. The van der Waals surface area contributed by atoms with Gasteiger partial charge in [-0.15, -0.1) is 0 Å². The fourth-order valence-electron chi connectivity index (χ4n) is 3.46. The predicted molar refractivity (Wildman–Crippen MR) is 78.0 cm³/mol. The minimum Gasteiger partial charge on any atom is -0.481 e. The molecular weight excluding hydrogens is 272 g/mol. The highest BCUT2D eigenvalue weighted by molar-refractivity contribution is 5.78. The van der Waals surface area contributed by atoms with Crippen molar-refractivity contribution in [2.45, 2.75) is 51.5 Å².